The van der Waals surface area contributed by atoms with Crippen molar-refractivity contribution in [2.75, 3.05) is 14.1 Å². The molecule has 20 heavy (non-hydrogen) atoms. The number of halogens is 2. The standard InChI is InChI=1S/C15H15Cl2N2O/c1-18(2)15(20)12-4-3-7-19(10-12)9-11-5-6-13(16)14(17)8-11/h3-8,10H,9H2,1-2H3/q+1. The predicted molar refractivity (Wildman–Crippen MR) is 80.2 cm³/mol. The van der Waals surface area contributed by atoms with Crippen LogP contribution in [-0.2, 0) is 6.54 Å². The Morgan fingerprint density at radius 1 is 1.20 bits per heavy atom. The molecule has 1 heterocycles. The van der Waals surface area contributed by atoms with Crippen molar-refractivity contribution in [2.45, 2.75) is 6.54 Å². The van der Waals surface area contributed by atoms with E-state index in [9.17, 15) is 4.79 Å². The van der Waals surface area contributed by atoms with Crippen LogP contribution in [0.1, 0.15) is 15.9 Å². The minimum atomic E-state index is -0.0199. The van der Waals surface area contributed by atoms with Crippen molar-refractivity contribution in [1.82, 2.24) is 4.90 Å². The maximum atomic E-state index is 11.9. The molecule has 1 amide bonds. The SMILES string of the molecule is CN(C)C(=O)c1ccc[n+](Cc2ccc(Cl)c(Cl)c2)c1. The third kappa shape index (κ3) is 3.50. The lowest BCUT2D eigenvalue weighted by molar-refractivity contribution is -0.688. The van der Waals surface area contributed by atoms with Gasteiger partial charge in [-0.2, -0.15) is 4.57 Å². The van der Waals surface area contributed by atoms with Crippen molar-refractivity contribution in [3.05, 3.63) is 63.9 Å². The Hall–Kier alpha value is -1.58. The second-order valence-corrected chi connectivity index (χ2v) is 5.53. The van der Waals surface area contributed by atoms with Crippen LogP contribution in [0, 0.1) is 0 Å². The van der Waals surface area contributed by atoms with Crippen LogP contribution < -0.4 is 4.57 Å². The van der Waals surface area contributed by atoms with E-state index in [1.807, 2.05) is 35.2 Å². The van der Waals surface area contributed by atoms with Gasteiger partial charge in [0.1, 0.15) is 5.56 Å². The summed E-state index contributed by atoms with van der Waals surface area (Å²) in [5.74, 6) is -0.0199. The van der Waals surface area contributed by atoms with Crippen molar-refractivity contribution in [2.24, 2.45) is 0 Å². The molecule has 0 N–H and O–H groups in total. The molecule has 0 saturated heterocycles. The first-order chi connectivity index (χ1) is 9.47. The molecule has 0 fully saturated rings. The zero-order valence-corrected chi connectivity index (χ0v) is 12.8. The molecule has 0 spiro atoms. The Kier molecular flexibility index (Phi) is 4.63. The van der Waals surface area contributed by atoms with Crippen LogP contribution in [0.4, 0.5) is 0 Å². The van der Waals surface area contributed by atoms with Gasteiger partial charge in [-0.25, -0.2) is 0 Å². The molecule has 0 aliphatic rings. The highest BCUT2D eigenvalue weighted by molar-refractivity contribution is 6.42. The van der Waals surface area contributed by atoms with Gasteiger partial charge in [0.25, 0.3) is 5.91 Å². The molecule has 2 aromatic rings. The predicted octanol–water partition coefficient (Wildman–Crippen LogP) is 3.03. The normalized spacial score (nSPS) is 10.4. The highest BCUT2D eigenvalue weighted by atomic mass is 35.5. The molecule has 2 rings (SSSR count). The number of aromatic nitrogens is 1. The molecule has 0 aliphatic heterocycles. The number of amides is 1. The van der Waals surface area contributed by atoms with Gasteiger partial charge in [-0.15, -0.1) is 0 Å². The number of rotatable bonds is 3. The average Bonchev–Trinajstić information content (AvgIpc) is 2.42. The van der Waals surface area contributed by atoms with E-state index in [2.05, 4.69) is 0 Å². The van der Waals surface area contributed by atoms with Crippen LogP contribution in [0.25, 0.3) is 0 Å². The lowest BCUT2D eigenvalue weighted by Crippen LogP contribution is -2.35. The van der Waals surface area contributed by atoms with Crippen molar-refractivity contribution in [1.29, 1.82) is 0 Å². The van der Waals surface area contributed by atoms with E-state index in [1.165, 1.54) is 0 Å². The van der Waals surface area contributed by atoms with Crippen molar-refractivity contribution in [3.8, 4) is 0 Å². The first-order valence-corrected chi connectivity index (χ1v) is 6.87. The summed E-state index contributed by atoms with van der Waals surface area (Å²) in [6.07, 6.45) is 3.74. The van der Waals surface area contributed by atoms with Crippen LogP contribution in [0.15, 0.2) is 42.7 Å². The summed E-state index contributed by atoms with van der Waals surface area (Å²) in [5, 5.41) is 1.07. The number of nitrogens with zero attached hydrogens (tertiary/aromatic N) is 2. The smallest absolute Gasteiger partial charge is 0.259 e. The largest absolute Gasteiger partial charge is 0.345 e. The second kappa shape index (κ2) is 6.25. The molecule has 5 heteroatoms. The van der Waals surface area contributed by atoms with Crippen LogP contribution in [0.2, 0.25) is 10.0 Å². The summed E-state index contributed by atoms with van der Waals surface area (Å²) >= 11 is 11.9. The summed E-state index contributed by atoms with van der Waals surface area (Å²) in [7, 11) is 3.47. The minimum absolute atomic E-state index is 0.0199. The number of pyridine rings is 1. The maximum absolute atomic E-state index is 11.9. The number of carbonyl (C=O) groups excluding carboxylic acids is 1. The molecule has 3 nitrogen and oxygen atoms in total. The van der Waals surface area contributed by atoms with Gasteiger partial charge in [-0.1, -0.05) is 29.3 Å². The van der Waals surface area contributed by atoms with E-state index < -0.39 is 0 Å². The zero-order valence-electron chi connectivity index (χ0n) is 11.3. The number of benzene rings is 1. The molecule has 0 aliphatic carbocycles. The summed E-state index contributed by atoms with van der Waals surface area (Å²) in [6, 6.07) is 9.18. The molecule has 0 radical (unpaired) electrons. The summed E-state index contributed by atoms with van der Waals surface area (Å²) in [6.45, 7) is 0.630. The lowest BCUT2D eigenvalue weighted by atomic mass is 10.2. The Morgan fingerprint density at radius 3 is 2.60 bits per heavy atom. The summed E-state index contributed by atoms with van der Waals surface area (Å²) < 4.78 is 1.94. The fourth-order valence-electron chi connectivity index (χ4n) is 1.85. The van der Waals surface area contributed by atoms with Gasteiger partial charge in [0.2, 0.25) is 0 Å². The van der Waals surface area contributed by atoms with Crippen molar-refractivity contribution in [3.63, 3.8) is 0 Å². The van der Waals surface area contributed by atoms with E-state index in [4.69, 9.17) is 23.2 Å². The van der Waals surface area contributed by atoms with Gasteiger partial charge < -0.3 is 4.90 Å². The highest BCUT2D eigenvalue weighted by Crippen LogP contribution is 2.22. The van der Waals surface area contributed by atoms with E-state index in [0.717, 1.165) is 5.56 Å². The molecule has 0 unspecified atom stereocenters. The topological polar surface area (TPSA) is 24.2 Å². The Balaban J connectivity index is 2.23. The first kappa shape index (κ1) is 14.8. The molecular weight excluding hydrogens is 295 g/mol. The zero-order chi connectivity index (χ0) is 14.7. The Bertz CT molecular complexity index is 642. The third-order valence-corrected chi connectivity index (χ3v) is 3.60. The second-order valence-electron chi connectivity index (χ2n) is 4.71. The number of carbonyl (C=O) groups is 1. The van der Waals surface area contributed by atoms with Gasteiger partial charge in [-0.3, -0.25) is 4.79 Å². The van der Waals surface area contributed by atoms with Crippen LogP contribution in [-0.4, -0.2) is 24.9 Å². The Morgan fingerprint density at radius 2 is 1.95 bits per heavy atom. The maximum Gasteiger partial charge on any atom is 0.259 e. The van der Waals surface area contributed by atoms with Gasteiger partial charge in [0.05, 0.1) is 10.0 Å². The lowest BCUT2D eigenvalue weighted by Gasteiger charge is -2.09. The summed E-state index contributed by atoms with van der Waals surface area (Å²) in [4.78, 5) is 13.5. The van der Waals surface area contributed by atoms with Crippen molar-refractivity contribution >= 4 is 29.1 Å². The van der Waals surface area contributed by atoms with E-state index in [-0.39, 0.29) is 5.91 Å². The molecule has 1 aromatic heterocycles. The van der Waals surface area contributed by atoms with Crippen molar-refractivity contribution < 1.29 is 9.36 Å². The van der Waals surface area contributed by atoms with E-state index >= 15 is 0 Å². The number of hydrogen-bond acceptors (Lipinski definition) is 1. The fourth-order valence-corrected chi connectivity index (χ4v) is 2.17. The Labute approximate surface area is 128 Å². The van der Waals surface area contributed by atoms with Gasteiger partial charge in [0, 0.05) is 25.7 Å². The van der Waals surface area contributed by atoms with E-state index in [1.54, 1.807) is 31.1 Å². The molecular formula is C15H15Cl2N2O+. The van der Waals surface area contributed by atoms with Crippen LogP contribution in [0.3, 0.4) is 0 Å². The van der Waals surface area contributed by atoms with Gasteiger partial charge in [0.15, 0.2) is 18.9 Å². The first-order valence-electron chi connectivity index (χ1n) is 6.12. The molecule has 0 saturated carbocycles. The molecule has 0 bridgehead atoms. The van der Waals surface area contributed by atoms with Crippen LogP contribution in [0.5, 0.6) is 0 Å². The molecule has 0 atom stereocenters. The summed E-state index contributed by atoms with van der Waals surface area (Å²) in [5.41, 5.74) is 1.68. The molecule has 104 valence electrons. The monoisotopic (exact) mass is 309 g/mol. The van der Waals surface area contributed by atoms with Gasteiger partial charge in [-0.05, 0) is 18.2 Å². The van der Waals surface area contributed by atoms with E-state index in [0.29, 0.717) is 22.2 Å². The fraction of sp³-hybridized carbons (Fsp3) is 0.200. The highest BCUT2D eigenvalue weighted by Gasteiger charge is 2.13. The minimum Gasteiger partial charge on any atom is -0.345 e. The van der Waals surface area contributed by atoms with Gasteiger partial charge >= 0.3 is 0 Å². The number of hydrogen-bond donors (Lipinski definition) is 0. The quantitative estimate of drug-likeness (QED) is 0.800. The third-order valence-electron chi connectivity index (χ3n) is 2.86. The van der Waals surface area contributed by atoms with Crippen LogP contribution >= 0.6 is 23.2 Å². The molecule has 1 aromatic carbocycles. The average molecular weight is 310 g/mol.